The minimum Gasteiger partial charge on any atom is -0.457 e. The Morgan fingerprint density at radius 2 is 1.97 bits per heavy atom. The van der Waals surface area contributed by atoms with Crippen molar-refractivity contribution < 1.29 is 62.6 Å². The number of esters is 1. The third kappa shape index (κ3) is 5.81. The van der Waals surface area contributed by atoms with Crippen LogP contribution in [0.4, 0.5) is 5.69 Å². The van der Waals surface area contributed by atoms with E-state index >= 15 is 0 Å². The summed E-state index contributed by atoms with van der Waals surface area (Å²) < 4.78 is 29.6. The van der Waals surface area contributed by atoms with Crippen LogP contribution < -0.4 is 29.6 Å². The van der Waals surface area contributed by atoms with Crippen LogP contribution in [-0.4, -0.2) is 63.4 Å². The van der Waals surface area contributed by atoms with Crippen LogP contribution in [0.25, 0.3) is 0 Å². The average Bonchev–Trinajstić information content (AvgIpc) is 3.30. The predicted molar refractivity (Wildman–Crippen MR) is 114 cm³/mol. The molecule has 3 aliphatic heterocycles. The summed E-state index contributed by atoms with van der Waals surface area (Å²) in [5.41, 5.74) is 1.68. The second-order valence-corrected chi connectivity index (χ2v) is 10.3. The summed E-state index contributed by atoms with van der Waals surface area (Å²) in [7, 11) is -3.78. The van der Waals surface area contributed by atoms with Gasteiger partial charge in [0.25, 0.3) is 0 Å². The Balaban J connectivity index is 0.00000306. The van der Waals surface area contributed by atoms with Crippen molar-refractivity contribution in [3.8, 4) is 0 Å². The maximum atomic E-state index is 12.3. The molecule has 0 aromatic carbocycles. The molecule has 174 valence electrons. The maximum Gasteiger partial charge on any atom is 1.00 e. The number of aliphatic imine (C=N–C) groups is 1. The molecule has 0 bridgehead atoms. The van der Waals surface area contributed by atoms with Gasteiger partial charge in [-0.05, 0) is 19.3 Å². The van der Waals surface area contributed by atoms with Gasteiger partial charge in [-0.1, -0.05) is 13.8 Å². The molecule has 12 heteroatoms. The van der Waals surface area contributed by atoms with Gasteiger partial charge < -0.3 is 14.4 Å². The number of ketones is 1. The van der Waals surface area contributed by atoms with Crippen molar-refractivity contribution in [1.29, 1.82) is 0 Å². The zero-order valence-corrected chi connectivity index (χ0v) is 22.1. The number of carbonyl (C=O) groups excluding carboxylic acids is 2. The third-order valence-electron chi connectivity index (χ3n) is 5.90. The van der Waals surface area contributed by atoms with Gasteiger partial charge in [-0.3, -0.25) is 23.7 Å². The van der Waals surface area contributed by atoms with Crippen molar-refractivity contribution in [3.63, 3.8) is 0 Å². The summed E-state index contributed by atoms with van der Waals surface area (Å²) in [6, 6.07) is 0. The Hall–Kier alpha value is -1.00. The Kier molecular flexibility index (Phi) is 9.00. The molecule has 4 rings (SSSR count). The molecule has 33 heavy (non-hydrogen) atoms. The van der Waals surface area contributed by atoms with Gasteiger partial charge in [-0.25, -0.2) is 9.97 Å². The van der Waals surface area contributed by atoms with Gasteiger partial charge >= 0.3 is 43.1 Å². The Bertz CT molecular complexity index is 975. The molecule has 4 heterocycles. The van der Waals surface area contributed by atoms with Crippen molar-refractivity contribution in [3.05, 3.63) is 17.7 Å². The molecule has 2 fully saturated rings. The summed E-state index contributed by atoms with van der Waals surface area (Å²) in [6.07, 6.45) is 2.74. The van der Waals surface area contributed by atoms with Gasteiger partial charge in [0.2, 0.25) is 0 Å². The van der Waals surface area contributed by atoms with Crippen molar-refractivity contribution in [2.45, 2.75) is 82.7 Å². The van der Waals surface area contributed by atoms with Crippen LogP contribution in [0.1, 0.15) is 63.3 Å². The van der Waals surface area contributed by atoms with E-state index in [-0.39, 0.29) is 54.3 Å². The van der Waals surface area contributed by atoms with Gasteiger partial charge in [-0.2, -0.15) is 0 Å². The largest absolute Gasteiger partial charge is 1.00 e. The smallest absolute Gasteiger partial charge is 0.457 e. The van der Waals surface area contributed by atoms with Crippen molar-refractivity contribution in [2.75, 3.05) is 6.16 Å². The van der Waals surface area contributed by atoms with E-state index in [0.29, 0.717) is 36.3 Å². The number of ether oxygens (including phenoxy) is 2. The van der Waals surface area contributed by atoms with Crippen LogP contribution in [0.5, 0.6) is 0 Å². The quantitative estimate of drug-likeness (QED) is 0.296. The normalized spacial score (nSPS) is 32.0. The summed E-state index contributed by atoms with van der Waals surface area (Å²) in [5.74, 6) is -0.800. The molecule has 1 aromatic rings. The van der Waals surface area contributed by atoms with E-state index in [1.54, 1.807) is 6.21 Å². The Morgan fingerprint density at radius 1 is 1.21 bits per heavy atom. The van der Waals surface area contributed by atoms with E-state index < -0.39 is 43.9 Å². The molecule has 10 nitrogen and oxygen atoms in total. The molecule has 0 aliphatic carbocycles. The monoisotopic (exact) mass is 488 g/mol. The first-order valence-electron chi connectivity index (χ1n) is 11.1. The minimum atomic E-state index is -3.78. The number of hydrogen-bond acceptors (Lipinski definition) is 9. The van der Waals surface area contributed by atoms with Crippen molar-refractivity contribution in [1.82, 2.24) is 9.97 Å². The molecule has 0 spiro atoms. The fraction of sp³-hybridized carbons (Fsp3) is 0.667. The summed E-state index contributed by atoms with van der Waals surface area (Å²) in [4.78, 5) is 47.6. The van der Waals surface area contributed by atoms with Gasteiger partial charge in [0.1, 0.15) is 30.0 Å². The SMILES string of the molecule is CCCC(=O)Cc1ncnc2c1N=CC2[C@@H]1OC2CCP(=O)(O)O[C@H]2[C@H]1OC(=O)CCC.[Na+]. The Labute approximate surface area is 214 Å². The first-order valence-corrected chi connectivity index (χ1v) is 12.8. The summed E-state index contributed by atoms with van der Waals surface area (Å²) in [5, 5.41) is 0. The van der Waals surface area contributed by atoms with Crippen LogP contribution in [0.15, 0.2) is 11.3 Å². The van der Waals surface area contributed by atoms with Gasteiger partial charge in [0, 0.05) is 19.1 Å². The zero-order chi connectivity index (χ0) is 22.9. The van der Waals surface area contributed by atoms with Crippen LogP contribution in [-0.2, 0) is 34.6 Å². The number of carbonyl (C=O) groups is 2. The Morgan fingerprint density at radius 3 is 2.70 bits per heavy atom. The molecule has 3 unspecified atom stereocenters. The van der Waals surface area contributed by atoms with E-state index in [1.807, 2.05) is 13.8 Å². The number of nitrogens with zero attached hydrogens (tertiary/aromatic N) is 3. The van der Waals surface area contributed by atoms with Crippen LogP contribution in [0.3, 0.4) is 0 Å². The van der Waals surface area contributed by atoms with Crippen molar-refractivity contribution >= 4 is 31.3 Å². The maximum absolute atomic E-state index is 12.3. The fourth-order valence-corrected chi connectivity index (χ4v) is 5.77. The first kappa shape index (κ1) is 26.6. The molecule has 0 radical (unpaired) electrons. The predicted octanol–water partition coefficient (Wildman–Crippen LogP) is -0.355. The summed E-state index contributed by atoms with van der Waals surface area (Å²) in [6.45, 7) is 3.81. The first-order chi connectivity index (χ1) is 15.3. The topological polar surface area (TPSA) is 137 Å². The van der Waals surface area contributed by atoms with Crippen LogP contribution in [0, 0.1) is 0 Å². The molecule has 0 saturated carbocycles. The van der Waals surface area contributed by atoms with Gasteiger partial charge in [0.15, 0.2) is 6.10 Å². The number of hydrogen-bond donors (Lipinski definition) is 1. The van der Waals surface area contributed by atoms with E-state index in [4.69, 9.17) is 14.0 Å². The molecular weight excluding hydrogens is 460 g/mol. The standard InChI is InChI=1S/C21H28N3O7P.Na/c1-3-5-12(25)9-14-18-17(24-11-23-14)13(10-22-18)19-21(30-16(26)6-4-2)20-15(29-19)7-8-32(27,28)31-20;/h10-11,13,15,19-21H,3-9H2,1-2H3,(H,27,28);/q;+1/t13?,15?,19-,20+,21-;/m0./s1. The zero-order valence-electron chi connectivity index (χ0n) is 19.2. The second kappa shape index (κ2) is 11.2. The molecule has 6 atom stereocenters. The number of Topliss-reactive ketones (excluding diaryl/α,β-unsaturated/α-hetero) is 1. The number of fused-ring (bicyclic) bond motifs is 2. The van der Waals surface area contributed by atoms with E-state index in [9.17, 15) is 19.0 Å². The molecule has 0 amide bonds. The van der Waals surface area contributed by atoms with Crippen LogP contribution >= 0.6 is 7.60 Å². The third-order valence-corrected chi connectivity index (χ3v) is 7.30. The second-order valence-electron chi connectivity index (χ2n) is 8.39. The van der Waals surface area contributed by atoms with Crippen molar-refractivity contribution in [2.24, 2.45) is 4.99 Å². The number of rotatable bonds is 8. The van der Waals surface area contributed by atoms with E-state index in [2.05, 4.69) is 15.0 Å². The average molecular weight is 488 g/mol. The van der Waals surface area contributed by atoms with E-state index in [1.165, 1.54) is 6.33 Å². The molecule has 2 saturated heterocycles. The molecule has 1 aromatic heterocycles. The number of aromatic nitrogens is 2. The summed E-state index contributed by atoms with van der Waals surface area (Å²) >= 11 is 0. The molecular formula is C21H28N3NaO7P+. The molecule has 1 N–H and O–H groups in total. The fourth-order valence-electron chi connectivity index (χ4n) is 4.45. The van der Waals surface area contributed by atoms with Crippen LogP contribution in [0.2, 0.25) is 0 Å². The molecule has 3 aliphatic rings. The van der Waals surface area contributed by atoms with Gasteiger partial charge in [-0.15, -0.1) is 0 Å². The minimum absolute atomic E-state index is 0. The van der Waals surface area contributed by atoms with E-state index in [0.717, 1.165) is 6.42 Å². The van der Waals surface area contributed by atoms with Gasteiger partial charge in [0.05, 0.1) is 36.0 Å².